The van der Waals surface area contributed by atoms with E-state index >= 15 is 0 Å². The molecule has 1 aliphatic rings. The molecule has 0 saturated heterocycles. The number of nitrogens with zero attached hydrogens (tertiary/aromatic N) is 1. The smallest absolute Gasteiger partial charge is 0.355 e. The highest BCUT2D eigenvalue weighted by Crippen LogP contribution is 2.43. The molecule has 0 aromatic heterocycles. The van der Waals surface area contributed by atoms with Crippen LogP contribution in [0.2, 0.25) is 0 Å². The molecule has 0 bridgehead atoms. The number of aryl methyl sites for hydroxylation is 1. The van der Waals surface area contributed by atoms with Crippen LogP contribution in [0.25, 0.3) is 0 Å². The van der Waals surface area contributed by atoms with Crippen LogP contribution in [0.1, 0.15) is 38.3 Å². The predicted octanol–water partition coefficient (Wildman–Crippen LogP) is 3.00. The Morgan fingerprint density at radius 3 is 2.48 bits per heavy atom. The first-order valence-electron chi connectivity index (χ1n) is 7.77. The molecule has 0 amide bonds. The van der Waals surface area contributed by atoms with E-state index in [2.05, 4.69) is 4.99 Å². The van der Waals surface area contributed by atoms with Crippen LogP contribution in [-0.2, 0) is 24.8 Å². The lowest BCUT2D eigenvalue weighted by atomic mass is 9.86. The van der Waals surface area contributed by atoms with Gasteiger partial charge in [0, 0.05) is 17.4 Å². The summed E-state index contributed by atoms with van der Waals surface area (Å²) in [4.78, 5) is 28.7. The van der Waals surface area contributed by atoms with E-state index in [9.17, 15) is 9.59 Å². The van der Waals surface area contributed by atoms with E-state index in [1.54, 1.807) is 0 Å². The number of esters is 2. The lowest BCUT2D eigenvalue weighted by Crippen LogP contribution is -2.35. The third-order valence-corrected chi connectivity index (χ3v) is 4.19. The minimum atomic E-state index is -1.17. The van der Waals surface area contributed by atoms with E-state index in [0.717, 1.165) is 11.1 Å². The fourth-order valence-corrected chi connectivity index (χ4v) is 2.84. The second-order valence-corrected chi connectivity index (χ2v) is 6.23. The second kappa shape index (κ2) is 6.52. The van der Waals surface area contributed by atoms with Crippen LogP contribution in [0.5, 0.6) is 0 Å². The second-order valence-electron chi connectivity index (χ2n) is 6.23. The first kappa shape index (κ1) is 17.2. The van der Waals surface area contributed by atoms with Crippen LogP contribution in [0.4, 0.5) is 0 Å². The van der Waals surface area contributed by atoms with Crippen molar-refractivity contribution >= 4 is 17.7 Å². The van der Waals surface area contributed by atoms with E-state index in [1.165, 1.54) is 7.11 Å². The molecule has 0 aliphatic carbocycles. The lowest BCUT2D eigenvalue weighted by Gasteiger charge is -2.32. The Morgan fingerprint density at radius 1 is 1.30 bits per heavy atom. The number of cyclic esters (lactones) is 1. The van der Waals surface area contributed by atoms with E-state index in [4.69, 9.17) is 9.47 Å². The molecule has 0 spiro atoms. The molecule has 1 aromatic rings. The number of rotatable bonds is 5. The van der Waals surface area contributed by atoms with Gasteiger partial charge in [0.1, 0.15) is 5.71 Å². The molecule has 0 fully saturated rings. The Hall–Kier alpha value is -2.17. The molecule has 1 aliphatic heterocycles. The Labute approximate surface area is 136 Å². The normalized spacial score (nSPS) is 21.8. The van der Waals surface area contributed by atoms with Crippen molar-refractivity contribution in [1.82, 2.24) is 0 Å². The zero-order valence-corrected chi connectivity index (χ0v) is 14.3. The Kier molecular flexibility index (Phi) is 4.88. The number of hydrogen-bond donors (Lipinski definition) is 0. The molecule has 23 heavy (non-hydrogen) atoms. The number of aliphatic imine (C=N–C) groups is 1. The van der Waals surface area contributed by atoms with Gasteiger partial charge in [-0.3, -0.25) is 4.79 Å². The first-order chi connectivity index (χ1) is 10.8. The van der Waals surface area contributed by atoms with Crippen LogP contribution in [0.3, 0.4) is 0 Å². The average Bonchev–Trinajstić information content (AvgIpc) is 2.86. The summed E-state index contributed by atoms with van der Waals surface area (Å²) >= 11 is 0. The van der Waals surface area contributed by atoms with Gasteiger partial charge in [-0.2, -0.15) is 0 Å². The third-order valence-electron chi connectivity index (χ3n) is 4.19. The monoisotopic (exact) mass is 317 g/mol. The van der Waals surface area contributed by atoms with Crippen LogP contribution >= 0.6 is 0 Å². The maximum atomic E-state index is 12.3. The molecule has 0 saturated carbocycles. The van der Waals surface area contributed by atoms with Gasteiger partial charge in [0.05, 0.1) is 13.5 Å². The molecule has 0 radical (unpaired) electrons. The topological polar surface area (TPSA) is 65.0 Å². The lowest BCUT2D eigenvalue weighted by molar-refractivity contribution is -0.158. The van der Waals surface area contributed by atoms with E-state index in [1.807, 2.05) is 52.0 Å². The molecule has 2 atom stereocenters. The van der Waals surface area contributed by atoms with Crippen molar-refractivity contribution in [2.45, 2.75) is 39.8 Å². The average molecular weight is 317 g/mol. The summed E-state index contributed by atoms with van der Waals surface area (Å²) in [5.74, 6) is -1.15. The zero-order chi connectivity index (χ0) is 17.2. The molecule has 5 nitrogen and oxygen atoms in total. The Balaban J connectivity index is 2.55. The maximum Gasteiger partial charge on any atom is 0.355 e. The highest BCUT2D eigenvalue weighted by atomic mass is 16.6. The van der Waals surface area contributed by atoms with Crippen LogP contribution < -0.4 is 0 Å². The highest BCUT2D eigenvalue weighted by Gasteiger charge is 2.49. The molecule has 124 valence electrons. The van der Waals surface area contributed by atoms with Crippen molar-refractivity contribution in [1.29, 1.82) is 0 Å². The summed E-state index contributed by atoms with van der Waals surface area (Å²) in [7, 11) is 1.35. The van der Waals surface area contributed by atoms with E-state index in [-0.39, 0.29) is 24.2 Å². The highest BCUT2D eigenvalue weighted by molar-refractivity contribution is 6.38. The summed E-state index contributed by atoms with van der Waals surface area (Å²) < 4.78 is 10.5. The third kappa shape index (κ3) is 3.14. The quantitative estimate of drug-likeness (QED) is 0.783. The first-order valence-corrected chi connectivity index (χ1v) is 7.77. The van der Waals surface area contributed by atoms with Gasteiger partial charge in [0.2, 0.25) is 5.72 Å². The number of benzene rings is 1. The van der Waals surface area contributed by atoms with Crippen molar-refractivity contribution in [2.75, 3.05) is 7.11 Å². The number of carbonyl (C=O) groups excluding carboxylic acids is 2. The fraction of sp³-hybridized carbons (Fsp3) is 0.500. The largest absolute Gasteiger partial charge is 0.469 e. The molecule has 5 heteroatoms. The van der Waals surface area contributed by atoms with E-state index < -0.39 is 11.7 Å². The zero-order valence-electron chi connectivity index (χ0n) is 14.3. The van der Waals surface area contributed by atoms with Crippen LogP contribution in [0, 0.1) is 18.8 Å². The van der Waals surface area contributed by atoms with Gasteiger partial charge in [-0.25, -0.2) is 9.79 Å². The van der Waals surface area contributed by atoms with Gasteiger partial charge < -0.3 is 9.47 Å². The minimum Gasteiger partial charge on any atom is -0.469 e. The van der Waals surface area contributed by atoms with Gasteiger partial charge in [-0.1, -0.05) is 45.0 Å². The van der Waals surface area contributed by atoms with Crippen molar-refractivity contribution in [3.05, 3.63) is 35.4 Å². The molecule has 1 heterocycles. The molecule has 1 aromatic carbocycles. The molecule has 0 N–H and O–H groups in total. The number of methoxy groups -OCH3 is 1. The summed E-state index contributed by atoms with van der Waals surface area (Å²) in [6.07, 6.45) is 0.118. The van der Waals surface area contributed by atoms with Crippen molar-refractivity contribution in [3.63, 3.8) is 0 Å². The molecule has 2 rings (SSSR count). The number of hydrogen-bond acceptors (Lipinski definition) is 5. The van der Waals surface area contributed by atoms with Crippen LogP contribution in [0.15, 0.2) is 29.3 Å². The van der Waals surface area contributed by atoms with Gasteiger partial charge in [-0.05, 0) is 12.5 Å². The molecular weight excluding hydrogens is 294 g/mol. The van der Waals surface area contributed by atoms with Crippen molar-refractivity contribution in [3.8, 4) is 0 Å². The summed E-state index contributed by atoms with van der Waals surface area (Å²) in [5, 5.41) is 0. The van der Waals surface area contributed by atoms with E-state index in [0.29, 0.717) is 5.71 Å². The van der Waals surface area contributed by atoms with Gasteiger partial charge in [0.15, 0.2) is 0 Å². The fourth-order valence-electron chi connectivity index (χ4n) is 2.84. The van der Waals surface area contributed by atoms with Crippen LogP contribution in [-0.4, -0.2) is 24.8 Å². The standard InChI is InChI=1S/C18H23NO4/c1-11(2)16-17(21)23-18(19-16,13(4)10-15(20)22-5)14-9-7-6-8-12(14)3/h6-9,11,13H,10H2,1-5H3/t13-,18-/m1/s1. The minimum absolute atomic E-state index is 0.0429. The van der Waals surface area contributed by atoms with Gasteiger partial charge in [-0.15, -0.1) is 0 Å². The molecule has 0 unspecified atom stereocenters. The summed E-state index contributed by atoms with van der Waals surface area (Å²) in [6, 6.07) is 7.63. The van der Waals surface area contributed by atoms with Gasteiger partial charge in [0.25, 0.3) is 0 Å². The summed E-state index contributed by atoms with van der Waals surface area (Å²) in [5.41, 5.74) is 1.01. The Morgan fingerprint density at radius 2 is 1.96 bits per heavy atom. The summed E-state index contributed by atoms with van der Waals surface area (Å²) in [6.45, 7) is 7.60. The van der Waals surface area contributed by atoms with Gasteiger partial charge >= 0.3 is 11.9 Å². The Bertz CT molecular complexity index is 650. The number of ether oxygens (including phenoxy) is 2. The van der Waals surface area contributed by atoms with Crippen molar-refractivity contribution in [2.24, 2.45) is 16.8 Å². The molecular formula is C18H23NO4. The predicted molar refractivity (Wildman–Crippen MR) is 87.0 cm³/mol. The van der Waals surface area contributed by atoms with Crippen molar-refractivity contribution < 1.29 is 19.1 Å². The number of carbonyl (C=O) groups is 2. The maximum absolute atomic E-state index is 12.3. The SMILES string of the molecule is COC(=O)C[C@@H](C)[C@@]1(c2ccccc2C)N=C(C(C)C)C(=O)O1.